The van der Waals surface area contributed by atoms with Crippen LogP contribution in [0, 0.1) is 23.1 Å². The highest BCUT2D eigenvalue weighted by Gasteiger charge is 2.22. The molecule has 1 saturated carbocycles. The second-order valence-electron chi connectivity index (χ2n) is 6.83. The highest BCUT2D eigenvalue weighted by atomic mass is 19.1. The van der Waals surface area contributed by atoms with Crippen molar-refractivity contribution in [3.63, 3.8) is 0 Å². The summed E-state index contributed by atoms with van der Waals surface area (Å²) in [4.78, 5) is 4.45. The lowest BCUT2D eigenvalue weighted by molar-refractivity contribution is 0.296. The Morgan fingerprint density at radius 2 is 2.04 bits per heavy atom. The summed E-state index contributed by atoms with van der Waals surface area (Å²) in [5, 5.41) is 15.4. The van der Waals surface area contributed by atoms with Gasteiger partial charge in [-0.15, -0.1) is 0 Å². The maximum absolute atomic E-state index is 14.0. The van der Waals surface area contributed by atoms with Crippen LogP contribution in [-0.2, 0) is 13.1 Å². The standard InChI is InChI=1S/C22H25FN4O/c1-2-25-22(27-14-19-11-17(12-24)9-10-20(19)23)26-13-18-5-3-4-6-21(18)28-15-16-7-8-16/h3-6,9-11,16H,2,7-8,13-15H2,1H3,(H2,25,26,27). The number of nitrogens with one attached hydrogen (secondary N) is 2. The molecule has 0 bridgehead atoms. The van der Waals surface area contributed by atoms with Crippen molar-refractivity contribution in [1.82, 2.24) is 10.6 Å². The molecule has 28 heavy (non-hydrogen) atoms. The molecule has 1 aliphatic rings. The van der Waals surface area contributed by atoms with Gasteiger partial charge in [-0.2, -0.15) is 5.26 Å². The van der Waals surface area contributed by atoms with Crippen molar-refractivity contribution in [2.75, 3.05) is 13.2 Å². The van der Waals surface area contributed by atoms with Gasteiger partial charge in [-0.1, -0.05) is 18.2 Å². The Morgan fingerprint density at radius 1 is 1.21 bits per heavy atom. The van der Waals surface area contributed by atoms with Crippen LogP contribution in [0.1, 0.15) is 36.5 Å². The van der Waals surface area contributed by atoms with Crippen molar-refractivity contribution in [3.05, 3.63) is 65.0 Å². The van der Waals surface area contributed by atoms with Gasteiger partial charge in [-0.3, -0.25) is 0 Å². The molecule has 6 heteroatoms. The van der Waals surface area contributed by atoms with Crippen molar-refractivity contribution in [3.8, 4) is 11.8 Å². The Labute approximate surface area is 165 Å². The van der Waals surface area contributed by atoms with Crippen LogP contribution in [0.25, 0.3) is 0 Å². The molecule has 2 aromatic rings. The summed E-state index contributed by atoms with van der Waals surface area (Å²) in [5.41, 5.74) is 1.86. The fourth-order valence-electron chi connectivity index (χ4n) is 2.73. The molecular weight excluding hydrogens is 355 g/mol. The van der Waals surface area contributed by atoms with E-state index in [1.165, 1.54) is 31.0 Å². The van der Waals surface area contributed by atoms with Crippen LogP contribution in [-0.4, -0.2) is 19.1 Å². The van der Waals surface area contributed by atoms with Crippen LogP contribution >= 0.6 is 0 Å². The number of guanidine groups is 1. The lowest BCUT2D eigenvalue weighted by atomic mass is 10.1. The van der Waals surface area contributed by atoms with E-state index in [1.54, 1.807) is 0 Å². The molecule has 0 aliphatic heterocycles. The summed E-state index contributed by atoms with van der Waals surface area (Å²) in [6, 6.07) is 14.3. The zero-order valence-electron chi connectivity index (χ0n) is 16.0. The van der Waals surface area contributed by atoms with Gasteiger partial charge in [0, 0.05) is 24.2 Å². The van der Waals surface area contributed by atoms with Gasteiger partial charge in [0.1, 0.15) is 11.6 Å². The normalized spacial score (nSPS) is 13.7. The molecule has 1 aliphatic carbocycles. The van der Waals surface area contributed by atoms with Gasteiger partial charge >= 0.3 is 0 Å². The SMILES string of the molecule is CCNC(=NCc1cc(C#N)ccc1F)NCc1ccccc1OCC1CC1. The zero-order valence-corrected chi connectivity index (χ0v) is 16.0. The summed E-state index contributed by atoms with van der Waals surface area (Å²) < 4.78 is 19.9. The highest BCUT2D eigenvalue weighted by Crippen LogP contribution is 2.30. The predicted molar refractivity (Wildman–Crippen MR) is 107 cm³/mol. The number of hydrogen-bond acceptors (Lipinski definition) is 3. The smallest absolute Gasteiger partial charge is 0.191 e. The van der Waals surface area contributed by atoms with Crippen molar-refractivity contribution in [2.24, 2.45) is 10.9 Å². The van der Waals surface area contributed by atoms with E-state index in [1.807, 2.05) is 37.3 Å². The Hall–Kier alpha value is -3.07. The quantitative estimate of drug-likeness (QED) is 0.541. The average Bonchev–Trinajstić information content (AvgIpc) is 3.54. The maximum Gasteiger partial charge on any atom is 0.191 e. The van der Waals surface area contributed by atoms with Crippen molar-refractivity contribution in [1.29, 1.82) is 5.26 Å². The Kier molecular flexibility index (Phi) is 6.85. The van der Waals surface area contributed by atoms with Crippen LogP contribution in [0.3, 0.4) is 0 Å². The molecule has 0 amide bonds. The number of ether oxygens (including phenoxy) is 1. The minimum atomic E-state index is -0.363. The average molecular weight is 380 g/mol. The summed E-state index contributed by atoms with van der Waals surface area (Å²) in [5.74, 6) is 1.79. The molecule has 146 valence electrons. The van der Waals surface area contributed by atoms with E-state index in [9.17, 15) is 4.39 Å². The first-order chi connectivity index (χ1) is 13.7. The highest BCUT2D eigenvalue weighted by molar-refractivity contribution is 5.79. The summed E-state index contributed by atoms with van der Waals surface area (Å²) >= 11 is 0. The van der Waals surface area contributed by atoms with E-state index < -0.39 is 0 Å². The van der Waals surface area contributed by atoms with Gasteiger partial charge in [0.25, 0.3) is 0 Å². The van der Waals surface area contributed by atoms with E-state index in [4.69, 9.17) is 10.00 Å². The van der Waals surface area contributed by atoms with Gasteiger partial charge in [0.05, 0.1) is 24.8 Å². The minimum absolute atomic E-state index is 0.149. The summed E-state index contributed by atoms with van der Waals surface area (Å²) in [7, 11) is 0. The number of nitrogens with zero attached hydrogens (tertiary/aromatic N) is 2. The first-order valence-corrected chi connectivity index (χ1v) is 9.61. The molecular formula is C22H25FN4O. The first-order valence-electron chi connectivity index (χ1n) is 9.61. The fourth-order valence-corrected chi connectivity index (χ4v) is 2.73. The molecule has 0 unspecified atom stereocenters. The van der Waals surface area contributed by atoms with Crippen molar-refractivity contribution in [2.45, 2.75) is 32.9 Å². The fraction of sp³-hybridized carbons (Fsp3) is 0.364. The number of aliphatic imine (C=N–C) groups is 1. The van der Waals surface area contributed by atoms with Gasteiger partial charge in [0.15, 0.2) is 5.96 Å². The second-order valence-corrected chi connectivity index (χ2v) is 6.83. The summed E-state index contributed by atoms with van der Waals surface area (Å²) in [6.45, 7) is 4.12. The van der Waals surface area contributed by atoms with Crippen LogP contribution < -0.4 is 15.4 Å². The lowest BCUT2D eigenvalue weighted by Gasteiger charge is -2.14. The first kappa shape index (κ1) is 19.7. The van der Waals surface area contributed by atoms with Gasteiger partial charge in [-0.05, 0) is 49.9 Å². The van der Waals surface area contributed by atoms with Gasteiger partial charge in [0.2, 0.25) is 0 Å². The number of halogens is 1. The van der Waals surface area contributed by atoms with Crippen LogP contribution in [0.2, 0.25) is 0 Å². The largest absolute Gasteiger partial charge is 0.493 e. The predicted octanol–water partition coefficient (Wildman–Crippen LogP) is 3.74. The molecule has 5 nitrogen and oxygen atoms in total. The molecule has 0 heterocycles. The van der Waals surface area contributed by atoms with E-state index in [0.29, 0.717) is 36.1 Å². The van der Waals surface area contributed by atoms with Crippen LogP contribution in [0.4, 0.5) is 4.39 Å². The molecule has 0 radical (unpaired) electrons. The third-order valence-electron chi connectivity index (χ3n) is 4.52. The van der Waals surface area contributed by atoms with Crippen LogP contribution in [0.5, 0.6) is 5.75 Å². The number of benzene rings is 2. The number of para-hydroxylation sites is 1. The molecule has 3 rings (SSSR count). The van der Waals surface area contributed by atoms with Crippen LogP contribution in [0.15, 0.2) is 47.5 Å². The van der Waals surface area contributed by atoms with E-state index >= 15 is 0 Å². The number of nitriles is 1. The van der Waals surface area contributed by atoms with E-state index in [0.717, 1.165) is 17.9 Å². The van der Waals surface area contributed by atoms with Crippen molar-refractivity contribution < 1.29 is 9.13 Å². The second kappa shape index (κ2) is 9.75. The Balaban J connectivity index is 1.65. The maximum atomic E-state index is 14.0. The number of hydrogen-bond donors (Lipinski definition) is 2. The topological polar surface area (TPSA) is 69.4 Å². The lowest BCUT2D eigenvalue weighted by Crippen LogP contribution is -2.36. The third-order valence-corrected chi connectivity index (χ3v) is 4.52. The molecule has 0 aromatic heterocycles. The van der Waals surface area contributed by atoms with E-state index in [-0.39, 0.29) is 12.4 Å². The molecule has 1 fully saturated rings. The Bertz CT molecular complexity index is 871. The monoisotopic (exact) mass is 380 g/mol. The zero-order chi connectivity index (χ0) is 19.8. The molecule has 0 spiro atoms. The molecule has 0 saturated heterocycles. The van der Waals surface area contributed by atoms with Crippen molar-refractivity contribution >= 4 is 5.96 Å². The number of rotatable bonds is 8. The summed E-state index contributed by atoms with van der Waals surface area (Å²) in [6.07, 6.45) is 2.50. The van der Waals surface area contributed by atoms with Gasteiger partial charge < -0.3 is 15.4 Å². The van der Waals surface area contributed by atoms with E-state index in [2.05, 4.69) is 15.6 Å². The molecule has 2 aromatic carbocycles. The molecule has 2 N–H and O–H groups in total. The third kappa shape index (κ3) is 5.71. The minimum Gasteiger partial charge on any atom is -0.493 e. The Morgan fingerprint density at radius 3 is 2.79 bits per heavy atom. The molecule has 0 atom stereocenters. The van der Waals surface area contributed by atoms with Gasteiger partial charge in [-0.25, -0.2) is 9.38 Å².